The lowest BCUT2D eigenvalue weighted by molar-refractivity contribution is -0.137. The van der Waals surface area contributed by atoms with E-state index in [4.69, 9.17) is 9.84 Å². The molecule has 5 heteroatoms. The molecule has 0 amide bonds. The van der Waals surface area contributed by atoms with Crippen molar-refractivity contribution in [2.45, 2.75) is 12.5 Å². The molecule has 1 aromatic carbocycles. The van der Waals surface area contributed by atoms with Gasteiger partial charge in [0.2, 0.25) is 5.90 Å². The van der Waals surface area contributed by atoms with Crippen molar-refractivity contribution in [1.29, 1.82) is 0 Å². The molecule has 1 atom stereocenters. The molecule has 0 aliphatic carbocycles. The zero-order valence-corrected chi connectivity index (χ0v) is 8.39. The predicted molar refractivity (Wildman–Crippen MR) is 54.9 cm³/mol. The van der Waals surface area contributed by atoms with Crippen LogP contribution in [0, 0.1) is 5.82 Å². The van der Waals surface area contributed by atoms with Crippen molar-refractivity contribution in [3.8, 4) is 0 Å². The van der Waals surface area contributed by atoms with Crippen LogP contribution in [-0.2, 0) is 9.53 Å². The molecule has 0 saturated heterocycles. The number of carboxylic acids is 1. The van der Waals surface area contributed by atoms with E-state index in [0.29, 0.717) is 0 Å². The second-order valence-electron chi connectivity index (χ2n) is 3.48. The van der Waals surface area contributed by atoms with Gasteiger partial charge in [0.25, 0.3) is 0 Å². The molecule has 2 rings (SSSR count). The van der Waals surface area contributed by atoms with Crippen LogP contribution in [0.1, 0.15) is 12.0 Å². The summed E-state index contributed by atoms with van der Waals surface area (Å²) in [7, 11) is 0. The summed E-state index contributed by atoms with van der Waals surface area (Å²) in [5, 5.41) is 8.59. The van der Waals surface area contributed by atoms with Gasteiger partial charge in [-0.15, -0.1) is 0 Å². The Bertz CT molecular complexity index is 445. The van der Waals surface area contributed by atoms with E-state index in [1.165, 1.54) is 6.07 Å². The maximum absolute atomic E-state index is 13.4. The number of nitrogens with zero attached hydrogens (tertiary/aromatic N) is 1. The van der Waals surface area contributed by atoms with Gasteiger partial charge in [-0.25, -0.2) is 9.38 Å². The van der Waals surface area contributed by atoms with Crippen LogP contribution in [0.25, 0.3) is 0 Å². The van der Waals surface area contributed by atoms with E-state index >= 15 is 0 Å². The van der Waals surface area contributed by atoms with E-state index in [9.17, 15) is 9.18 Å². The number of benzene rings is 1. The Morgan fingerprint density at radius 3 is 3.00 bits per heavy atom. The first-order valence-corrected chi connectivity index (χ1v) is 4.84. The quantitative estimate of drug-likeness (QED) is 0.843. The number of hydrogen-bond donors (Lipinski definition) is 1. The number of halogens is 1. The highest BCUT2D eigenvalue weighted by Crippen LogP contribution is 2.16. The monoisotopic (exact) mass is 223 g/mol. The molecule has 84 valence electrons. The molecule has 4 nitrogen and oxygen atoms in total. The number of hydrogen-bond acceptors (Lipinski definition) is 3. The molecule has 16 heavy (non-hydrogen) atoms. The van der Waals surface area contributed by atoms with Crippen molar-refractivity contribution in [3.63, 3.8) is 0 Å². The van der Waals surface area contributed by atoms with Crippen molar-refractivity contribution in [2.24, 2.45) is 4.99 Å². The Kier molecular flexibility index (Phi) is 2.85. The minimum absolute atomic E-state index is 0.0993. The summed E-state index contributed by atoms with van der Waals surface area (Å²) in [6.45, 7) is 0.190. The third kappa shape index (κ3) is 2.18. The van der Waals surface area contributed by atoms with Crippen LogP contribution in [0.2, 0.25) is 0 Å². The standard InChI is InChI=1S/C11H10FNO3/c12-9-4-2-1-3-8(9)11-13-7(6-16-11)5-10(14)15/h1-4,7H,5-6H2,(H,14,15). The number of aliphatic carboxylic acids is 1. The minimum Gasteiger partial charge on any atom is -0.481 e. The maximum atomic E-state index is 13.4. The molecule has 1 aliphatic heterocycles. The van der Waals surface area contributed by atoms with Gasteiger partial charge in [0.1, 0.15) is 12.4 Å². The van der Waals surface area contributed by atoms with Crippen LogP contribution < -0.4 is 0 Å². The minimum atomic E-state index is -0.938. The molecule has 1 aromatic rings. The van der Waals surface area contributed by atoms with Gasteiger partial charge in [-0.2, -0.15) is 0 Å². The van der Waals surface area contributed by atoms with Crippen molar-refractivity contribution >= 4 is 11.9 Å². The van der Waals surface area contributed by atoms with Crippen LogP contribution in [0.5, 0.6) is 0 Å². The van der Waals surface area contributed by atoms with Gasteiger partial charge in [-0.05, 0) is 12.1 Å². The lowest BCUT2D eigenvalue weighted by atomic mass is 10.2. The molecule has 0 aromatic heterocycles. The van der Waals surface area contributed by atoms with Gasteiger partial charge in [0, 0.05) is 0 Å². The van der Waals surface area contributed by atoms with E-state index in [1.807, 2.05) is 0 Å². The highest BCUT2D eigenvalue weighted by Gasteiger charge is 2.23. The Morgan fingerprint density at radius 1 is 1.56 bits per heavy atom. The summed E-state index contributed by atoms with van der Waals surface area (Å²) < 4.78 is 18.5. The van der Waals surface area contributed by atoms with Gasteiger partial charge >= 0.3 is 5.97 Å². The molecular weight excluding hydrogens is 213 g/mol. The van der Waals surface area contributed by atoms with Crippen molar-refractivity contribution in [3.05, 3.63) is 35.6 Å². The average molecular weight is 223 g/mol. The summed E-state index contributed by atoms with van der Waals surface area (Å²) in [6, 6.07) is 5.69. The molecule has 1 aliphatic rings. The van der Waals surface area contributed by atoms with Crippen LogP contribution in [0.15, 0.2) is 29.3 Å². The second-order valence-corrected chi connectivity index (χ2v) is 3.48. The fourth-order valence-electron chi connectivity index (χ4n) is 1.50. The van der Waals surface area contributed by atoms with Gasteiger partial charge in [0.15, 0.2) is 0 Å². The second kappa shape index (κ2) is 4.30. The lowest BCUT2D eigenvalue weighted by Gasteiger charge is -2.01. The number of carbonyl (C=O) groups is 1. The fourth-order valence-corrected chi connectivity index (χ4v) is 1.50. The highest BCUT2D eigenvalue weighted by molar-refractivity contribution is 5.95. The number of aliphatic imine (C=N–C) groups is 1. The molecule has 1 unspecified atom stereocenters. The van der Waals surface area contributed by atoms with Crippen LogP contribution in [0.4, 0.5) is 4.39 Å². The molecule has 0 fully saturated rings. The van der Waals surface area contributed by atoms with E-state index in [2.05, 4.69) is 4.99 Å². The smallest absolute Gasteiger partial charge is 0.305 e. The highest BCUT2D eigenvalue weighted by atomic mass is 19.1. The zero-order valence-electron chi connectivity index (χ0n) is 8.39. The van der Waals surface area contributed by atoms with E-state index in [0.717, 1.165) is 0 Å². The zero-order chi connectivity index (χ0) is 11.5. The number of carboxylic acid groups (broad SMARTS) is 1. The summed E-state index contributed by atoms with van der Waals surface area (Å²) >= 11 is 0. The number of rotatable bonds is 3. The Balaban J connectivity index is 2.18. The van der Waals surface area contributed by atoms with Gasteiger partial charge in [-0.1, -0.05) is 12.1 Å². The first-order valence-electron chi connectivity index (χ1n) is 4.84. The first-order chi connectivity index (χ1) is 7.66. The first kappa shape index (κ1) is 10.6. The van der Waals surface area contributed by atoms with E-state index in [-0.39, 0.29) is 24.5 Å². The van der Waals surface area contributed by atoms with Crippen molar-refractivity contribution in [2.75, 3.05) is 6.61 Å². The lowest BCUT2D eigenvalue weighted by Crippen LogP contribution is -2.12. The Labute approximate surface area is 91.4 Å². The molecule has 0 saturated carbocycles. The molecule has 0 bridgehead atoms. The maximum Gasteiger partial charge on any atom is 0.305 e. The largest absolute Gasteiger partial charge is 0.481 e. The normalized spacial score (nSPS) is 19.1. The Hall–Kier alpha value is -1.91. The fraction of sp³-hybridized carbons (Fsp3) is 0.273. The average Bonchev–Trinajstić information content (AvgIpc) is 2.66. The summed E-state index contributed by atoms with van der Waals surface area (Å²) in [5.41, 5.74) is 0.274. The molecular formula is C11H10FNO3. The van der Waals surface area contributed by atoms with Gasteiger partial charge in [-0.3, -0.25) is 4.79 Å². The third-order valence-corrected chi connectivity index (χ3v) is 2.23. The summed E-state index contributed by atoms with van der Waals surface area (Å²) in [4.78, 5) is 14.5. The SMILES string of the molecule is O=C(O)CC1COC(c2ccccc2F)=N1. The van der Waals surface area contributed by atoms with Crippen molar-refractivity contribution < 1.29 is 19.0 Å². The van der Waals surface area contributed by atoms with Crippen LogP contribution in [0.3, 0.4) is 0 Å². The van der Waals surface area contributed by atoms with Crippen LogP contribution in [-0.4, -0.2) is 29.6 Å². The topological polar surface area (TPSA) is 58.9 Å². The third-order valence-electron chi connectivity index (χ3n) is 2.23. The molecule has 0 spiro atoms. The summed E-state index contributed by atoms with van der Waals surface area (Å²) in [6.07, 6.45) is -0.0993. The van der Waals surface area contributed by atoms with E-state index < -0.39 is 17.8 Å². The van der Waals surface area contributed by atoms with E-state index in [1.54, 1.807) is 18.2 Å². The van der Waals surface area contributed by atoms with Crippen molar-refractivity contribution in [1.82, 2.24) is 0 Å². The Morgan fingerprint density at radius 2 is 2.31 bits per heavy atom. The molecule has 1 N–H and O–H groups in total. The molecule has 1 heterocycles. The predicted octanol–water partition coefficient (Wildman–Crippen LogP) is 1.45. The van der Waals surface area contributed by atoms with Gasteiger partial charge in [0.05, 0.1) is 18.0 Å². The summed E-state index contributed by atoms with van der Waals surface area (Å²) in [5.74, 6) is -1.17. The number of ether oxygens (including phenoxy) is 1. The van der Waals surface area contributed by atoms with Crippen LogP contribution >= 0.6 is 0 Å². The molecule has 0 radical (unpaired) electrons. The van der Waals surface area contributed by atoms with Gasteiger partial charge < -0.3 is 9.84 Å².